The molecule has 0 atom stereocenters. The molecule has 0 aliphatic carbocycles. The first-order chi connectivity index (χ1) is 14.8. The molecule has 7 nitrogen and oxygen atoms in total. The summed E-state index contributed by atoms with van der Waals surface area (Å²) in [5.74, 6) is -2.55. The summed E-state index contributed by atoms with van der Waals surface area (Å²) in [7, 11) is 0. The first kappa shape index (κ1) is 29.1. The number of nitrogens with zero attached hydrogens (tertiary/aromatic N) is 1. The molecule has 0 aromatic heterocycles. The van der Waals surface area contributed by atoms with Crippen molar-refractivity contribution < 1.29 is 34.2 Å². The van der Waals surface area contributed by atoms with E-state index in [1.807, 2.05) is 0 Å². The Morgan fingerprint density at radius 1 is 0.613 bits per heavy atom. The first-order valence-electron chi connectivity index (χ1n) is 12.0. The Kier molecular flexibility index (Phi) is 17.7. The van der Waals surface area contributed by atoms with Gasteiger partial charge in [0.2, 0.25) is 0 Å². The molecule has 0 aromatic rings. The number of carbonyl (C=O) groups is 3. The van der Waals surface area contributed by atoms with Gasteiger partial charge in [-0.15, -0.1) is 0 Å². The van der Waals surface area contributed by atoms with E-state index < -0.39 is 17.9 Å². The van der Waals surface area contributed by atoms with Gasteiger partial charge in [-0.25, -0.2) is 0 Å². The normalized spacial score (nSPS) is 11.8. The highest BCUT2D eigenvalue weighted by atomic mass is 16.4. The molecule has 0 aliphatic heterocycles. The summed E-state index contributed by atoms with van der Waals surface area (Å²) in [6.07, 6.45) is 16.8. The second-order valence-corrected chi connectivity index (χ2v) is 8.53. The summed E-state index contributed by atoms with van der Waals surface area (Å²) < 4.78 is 0.463. The second-order valence-electron chi connectivity index (χ2n) is 8.53. The summed E-state index contributed by atoms with van der Waals surface area (Å²) in [5, 5.41) is 27.0. The van der Waals surface area contributed by atoms with Gasteiger partial charge in [-0.2, -0.15) is 0 Å². The number of carboxylic acids is 3. The standard InChI is InChI=1S/C24H43NO6/c1-2-3-4-5-6-7-8-9-10-11-18-25(19-12-15-22(26)27,20-13-16-23(28)29)21-14-17-24(30)31/h11,18H,2-10,12-17,19-21H2,1H3,(H2-,26,27,28,29,30,31)/p+1/b18-11+. The molecule has 0 saturated heterocycles. The van der Waals surface area contributed by atoms with E-state index >= 15 is 0 Å². The van der Waals surface area contributed by atoms with Crippen molar-refractivity contribution in [3.8, 4) is 0 Å². The van der Waals surface area contributed by atoms with E-state index in [1.54, 1.807) is 0 Å². The number of hydrogen-bond donors (Lipinski definition) is 3. The van der Waals surface area contributed by atoms with Crippen molar-refractivity contribution in [3.05, 3.63) is 12.3 Å². The zero-order chi connectivity index (χ0) is 23.4. The summed E-state index contributed by atoms with van der Waals surface area (Å²) in [4.78, 5) is 32.9. The minimum absolute atomic E-state index is 0.0593. The Bertz CT molecular complexity index is 482. The van der Waals surface area contributed by atoms with Gasteiger partial charge >= 0.3 is 17.9 Å². The van der Waals surface area contributed by atoms with E-state index in [9.17, 15) is 14.4 Å². The molecule has 7 heteroatoms. The Labute approximate surface area is 187 Å². The lowest BCUT2D eigenvalue weighted by molar-refractivity contribution is -0.880. The van der Waals surface area contributed by atoms with Crippen LogP contribution in [-0.2, 0) is 14.4 Å². The van der Waals surface area contributed by atoms with Crippen molar-refractivity contribution in [1.82, 2.24) is 0 Å². The molecule has 180 valence electrons. The van der Waals surface area contributed by atoms with E-state index in [2.05, 4.69) is 19.2 Å². The molecule has 0 bridgehead atoms. The summed E-state index contributed by atoms with van der Waals surface area (Å²) >= 11 is 0. The Balaban J connectivity index is 4.77. The highest BCUT2D eigenvalue weighted by Gasteiger charge is 2.25. The number of aliphatic carboxylic acids is 3. The van der Waals surface area contributed by atoms with Crippen LogP contribution < -0.4 is 0 Å². The van der Waals surface area contributed by atoms with Gasteiger partial charge in [0.1, 0.15) is 0 Å². The van der Waals surface area contributed by atoms with Crippen molar-refractivity contribution in [2.45, 2.75) is 103 Å². The molecule has 0 heterocycles. The predicted octanol–water partition coefficient (Wildman–Crippen LogP) is 5.44. The maximum Gasteiger partial charge on any atom is 0.303 e. The lowest BCUT2D eigenvalue weighted by Gasteiger charge is -2.35. The van der Waals surface area contributed by atoms with Gasteiger partial charge in [0.15, 0.2) is 0 Å². The number of rotatable bonds is 22. The van der Waals surface area contributed by atoms with Crippen LogP contribution in [0.2, 0.25) is 0 Å². The van der Waals surface area contributed by atoms with Crippen LogP contribution >= 0.6 is 0 Å². The van der Waals surface area contributed by atoms with Crippen LogP contribution in [0.5, 0.6) is 0 Å². The van der Waals surface area contributed by atoms with Crippen LogP contribution in [0.25, 0.3) is 0 Å². The monoisotopic (exact) mass is 442 g/mol. The van der Waals surface area contributed by atoms with Crippen molar-refractivity contribution in [2.75, 3.05) is 19.6 Å². The molecule has 0 radical (unpaired) electrons. The van der Waals surface area contributed by atoms with Gasteiger partial charge in [-0.3, -0.25) is 18.9 Å². The van der Waals surface area contributed by atoms with Crippen LogP contribution in [-0.4, -0.2) is 57.3 Å². The van der Waals surface area contributed by atoms with Crippen molar-refractivity contribution >= 4 is 17.9 Å². The zero-order valence-electron chi connectivity index (χ0n) is 19.4. The molecule has 0 spiro atoms. The van der Waals surface area contributed by atoms with Crippen molar-refractivity contribution in [3.63, 3.8) is 0 Å². The molecule has 0 fully saturated rings. The number of unbranched alkanes of at least 4 members (excludes halogenated alkanes) is 8. The van der Waals surface area contributed by atoms with Crippen molar-refractivity contribution in [2.24, 2.45) is 0 Å². The lowest BCUT2D eigenvalue weighted by Crippen LogP contribution is -2.45. The number of carboxylic acid groups (broad SMARTS) is 3. The molecule has 0 aromatic carbocycles. The molecule has 0 aliphatic rings. The van der Waals surface area contributed by atoms with Crippen LogP contribution in [0.1, 0.15) is 103 Å². The van der Waals surface area contributed by atoms with Crippen LogP contribution in [0, 0.1) is 0 Å². The molecule has 0 unspecified atom stereocenters. The fourth-order valence-electron chi connectivity index (χ4n) is 3.89. The van der Waals surface area contributed by atoms with Gasteiger partial charge < -0.3 is 15.3 Å². The van der Waals surface area contributed by atoms with Crippen molar-refractivity contribution in [1.29, 1.82) is 0 Å². The minimum atomic E-state index is -0.850. The molecule has 0 saturated carbocycles. The van der Waals surface area contributed by atoms with Gasteiger partial charge in [0, 0.05) is 19.3 Å². The summed E-state index contributed by atoms with van der Waals surface area (Å²) in [6.45, 7) is 3.97. The number of hydrogen-bond acceptors (Lipinski definition) is 3. The van der Waals surface area contributed by atoms with E-state index in [-0.39, 0.29) is 19.3 Å². The van der Waals surface area contributed by atoms with Gasteiger partial charge in [0.05, 0.1) is 45.1 Å². The third-order valence-corrected chi connectivity index (χ3v) is 5.63. The van der Waals surface area contributed by atoms with E-state index in [1.165, 1.54) is 44.9 Å². The maximum atomic E-state index is 11.0. The van der Waals surface area contributed by atoms with Gasteiger partial charge in [-0.05, 0) is 18.9 Å². The van der Waals surface area contributed by atoms with Gasteiger partial charge in [-0.1, -0.05) is 51.9 Å². The SMILES string of the molecule is CCCCCCCCCC/C=C/[N+](CCCC(=O)O)(CCCC(=O)O)CCCC(=O)O. The third kappa shape index (κ3) is 18.6. The Hall–Kier alpha value is -1.89. The Morgan fingerprint density at radius 3 is 1.39 bits per heavy atom. The molecular formula is C24H44NO6+. The van der Waals surface area contributed by atoms with Crippen LogP contribution in [0.3, 0.4) is 0 Å². The highest BCUT2D eigenvalue weighted by Crippen LogP contribution is 2.18. The van der Waals surface area contributed by atoms with E-state index in [0.29, 0.717) is 43.4 Å². The van der Waals surface area contributed by atoms with Crippen LogP contribution in [0.4, 0.5) is 0 Å². The smallest absolute Gasteiger partial charge is 0.303 e. The molecular weight excluding hydrogens is 398 g/mol. The molecule has 0 amide bonds. The lowest BCUT2D eigenvalue weighted by atomic mass is 10.1. The van der Waals surface area contributed by atoms with Crippen LogP contribution in [0.15, 0.2) is 12.3 Å². The fourth-order valence-corrected chi connectivity index (χ4v) is 3.89. The summed E-state index contributed by atoms with van der Waals surface area (Å²) in [5.41, 5.74) is 0. The average Bonchev–Trinajstić information content (AvgIpc) is 2.68. The first-order valence-corrected chi connectivity index (χ1v) is 12.0. The predicted molar refractivity (Wildman–Crippen MR) is 122 cm³/mol. The fraction of sp³-hybridized carbons (Fsp3) is 0.792. The second kappa shape index (κ2) is 18.8. The maximum absolute atomic E-state index is 11.0. The van der Waals surface area contributed by atoms with E-state index in [4.69, 9.17) is 15.3 Å². The summed E-state index contributed by atoms with van der Waals surface area (Å²) in [6, 6.07) is 0. The Morgan fingerprint density at radius 2 is 1.00 bits per heavy atom. The molecule has 0 rings (SSSR count). The highest BCUT2D eigenvalue weighted by molar-refractivity contribution is 5.67. The zero-order valence-corrected chi connectivity index (χ0v) is 19.4. The average molecular weight is 443 g/mol. The quantitative estimate of drug-likeness (QED) is 0.152. The third-order valence-electron chi connectivity index (χ3n) is 5.63. The van der Waals surface area contributed by atoms with E-state index in [0.717, 1.165) is 12.8 Å². The minimum Gasteiger partial charge on any atom is -0.481 e. The molecule has 31 heavy (non-hydrogen) atoms. The number of allylic oxidation sites excluding steroid dienone is 1. The number of quaternary nitrogens is 1. The molecule has 3 N–H and O–H groups in total. The van der Waals surface area contributed by atoms with Gasteiger partial charge in [0.25, 0.3) is 0 Å². The topological polar surface area (TPSA) is 112 Å². The largest absolute Gasteiger partial charge is 0.481 e.